The van der Waals surface area contributed by atoms with Crippen LogP contribution < -0.4 is 0 Å². The molecule has 1 aromatic rings. The number of esters is 1. The molecule has 1 aliphatic carbocycles. The number of aryl methyl sites for hydroxylation is 1. The number of phenolic OH excluding ortho intramolecular Hbond substituents is 1. The summed E-state index contributed by atoms with van der Waals surface area (Å²) in [5.41, 5.74) is 8.52. The average Bonchev–Trinajstić information content (AvgIpc) is 3.09. The van der Waals surface area contributed by atoms with Gasteiger partial charge in [-0.1, -0.05) is 25.0 Å². The number of hydrogen-bond donors (Lipinski definition) is 1. The summed E-state index contributed by atoms with van der Waals surface area (Å²) in [5, 5.41) is 9.37. The molecule has 126 valence electrons. The Bertz CT molecular complexity index is 678. The van der Waals surface area contributed by atoms with Gasteiger partial charge in [0, 0.05) is 0 Å². The smallest absolute Gasteiger partial charge is 0.441 e. The molecule has 0 spiro atoms. The minimum atomic E-state index is -0.827. The number of rotatable bonds is 4. The Morgan fingerprint density at radius 1 is 1.21 bits per heavy atom. The Labute approximate surface area is 140 Å². The first-order chi connectivity index (χ1) is 11.5. The molecule has 1 saturated carbocycles. The largest absolute Gasteiger partial charge is 0.508 e. The van der Waals surface area contributed by atoms with E-state index in [1.165, 1.54) is 0 Å². The minimum absolute atomic E-state index is 0.0703. The van der Waals surface area contributed by atoms with Crippen LogP contribution in [0.25, 0.3) is 5.53 Å². The summed E-state index contributed by atoms with van der Waals surface area (Å²) < 4.78 is 5.68. The third-order valence-corrected chi connectivity index (χ3v) is 5.19. The van der Waals surface area contributed by atoms with E-state index in [1.807, 2.05) is 12.1 Å². The Balaban J connectivity index is 1.83. The maximum Gasteiger partial charge on any atom is 0.441 e. The minimum Gasteiger partial charge on any atom is -0.508 e. The van der Waals surface area contributed by atoms with E-state index in [2.05, 4.69) is 4.79 Å². The number of cyclic esters (lactones) is 1. The molecular weight excluding hydrogens is 308 g/mol. The van der Waals surface area contributed by atoms with E-state index in [9.17, 15) is 14.7 Å². The van der Waals surface area contributed by atoms with E-state index in [0.29, 0.717) is 12.8 Å². The standard InChI is InChI=1S/C18H20N2O4/c19-20-16-15(22)11-18(24-17(16)23,13-3-1-2-4-13)10-9-12-5-7-14(21)8-6-12/h5-8,13,21H,1-4,9-11H2. The van der Waals surface area contributed by atoms with Gasteiger partial charge < -0.3 is 15.4 Å². The van der Waals surface area contributed by atoms with Gasteiger partial charge in [-0.25, -0.2) is 4.79 Å². The van der Waals surface area contributed by atoms with Crippen LogP contribution in [0.1, 0.15) is 44.1 Å². The second kappa shape index (κ2) is 6.57. The maximum absolute atomic E-state index is 12.2. The van der Waals surface area contributed by atoms with Crippen LogP contribution in [0.2, 0.25) is 0 Å². The molecule has 3 rings (SSSR count). The lowest BCUT2D eigenvalue weighted by molar-refractivity contribution is -0.172. The van der Waals surface area contributed by atoms with Crippen molar-refractivity contribution in [2.24, 2.45) is 5.92 Å². The van der Waals surface area contributed by atoms with Crippen LogP contribution in [-0.4, -0.2) is 33.0 Å². The Kier molecular flexibility index (Phi) is 4.49. The van der Waals surface area contributed by atoms with Gasteiger partial charge in [0.2, 0.25) is 0 Å². The number of hydrogen-bond acceptors (Lipinski definition) is 4. The van der Waals surface area contributed by atoms with E-state index >= 15 is 0 Å². The fourth-order valence-electron chi connectivity index (χ4n) is 3.88. The number of nitrogens with zero attached hydrogens (tertiary/aromatic N) is 2. The topological polar surface area (TPSA) is 100 Å². The Hall–Kier alpha value is -2.46. The zero-order chi connectivity index (χ0) is 17.2. The molecule has 0 aromatic heterocycles. The highest BCUT2D eigenvalue weighted by atomic mass is 16.6. The number of benzene rings is 1. The van der Waals surface area contributed by atoms with Crippen LogP contribution in [0.15, 0.2) is 24.3 Å². The van der Waals surface area contributed by atoms with Crippen LogP contribution in [0, 0.1) is 5.92 Å². The van der Waals surface area contributed by atoms with Gasteiger partial charge in [0.1, 0.15) is 11.4 Å². The van der Waals surface area contributed by atoms with E-state index in [-0.39, 0.29) is 18.1 Å². The van der Waals surface area contributed by atoms with Gasteiger partial charge in [-0.2, -0.15) is 4.79 Å². The number of ether oxygens (including phenoxy) is 1. The quantitative estimate of drug-likeness (QED) is 0.521. The summed E-state index contributed by atoms with van der Waals surface area (Å²) in [6, 6.07) is 6.88. The summed E-state index contributed by atoms with van der Waals surface area (Å²) >= 11 is 0. The van der Waals surface area contributed by atoms with Crippen LogP contribution in [0.5, 0.6) is 5.75 Å². The molecule has 1 aliphatic heterocycles. The molecule has 1 unspecified atom stereocenters. The fourth-order valence-corrected chi connectivity index (χ4v) is 3.88. The molecule has 2 aliphatic rings. The summed E-state index contributed by atoms with van der Waals surface area (Å²) in [6.45, 7) is 0. The number of carbonyl (C=O) groups is 2. The molecule has 6 heteroatoms. The lowest BCUT2D eigenvalue weighted by Gasteiger charge is -2.39. The molecule has 1 saturated heterocycles. The lowest BCUT2D eigenvalue weighted by Crippen LogP contribution is -2.52. The van der Waals surface area contributed by atoms with Crippen molar-refractivity contribution in [3.63, 3.8) is 0 Å². The van der Waals surface area contributed by atoms with Gasteiger partial charge in [-0.15, -0.1) is 0 Å². The molecule has 24 heavy (non-hydrogen) atoms. The van der Waals surface area contributed by atoms with Crippen molar-refractivity contribution in [3.05, 3.63) is 35.4 Å². The fraction of sp³-hybridized carbons (Fsp3) is 0.500. The Morgan fingerprint density at radius 2 is 1.88 bits per heavy atom. The zero-order valence-corrected chi connectivity index (χ0v) is 13.4. The van der Waals surface area contributed by atoms with Gasteiger partial charge in [0.25, 0.3) is 5.78 Å². The van der Waals surface area contributed by atoms with Crippen molar-refractivity contribution in [2.45, 2.75) is 50.5 Å². The molecular formula is C18H20N2O4. The van der Waals surface area contributed by atoms with Crippen LogP contribution >= 0.6 is 0 Å². The maximum atomic E-state index is 12.2. The predicted octanol–water partition coefficient (Wildman–Crippen LogP) is 2.44. The first-order valence-electron chi connectivity index (χ1n) is 8.30. The molecule has 1 N–H and O–H groups in total. The third-order valence-electron chi connectivity index (χ3n) is 5.19. The zero-order valence-electron chi connectivity index (χ0n) is 13.4. The molecule has 1 aromatic carbocycles. The number of carbonyl (C=O) groups excluding carboxylic acids is 2. The lowest BCUT2D eigenvalue weighted by atomic mass is 9.75. The van der Waals surface area contributed by atoms with E-state index in [1.54, 1.807) is 12.1 Å². The van der Waals surface area contributed by atoms with Crippen LogP contribution in [0.3, 0.4) is 0 Å². The molecule has 0 radical (unpaired) electrons. The number of aromatic hydroxyl groups is 1. The monoisotopic (exact) mass is 328 g/mol. The number of Topliss-reactive ketones (excluding diaryl/α,β-unsaturated/α-hetero) is 1. The van der Waals surface area contributed by atoms with Gasteiger partial charge >= 0.3 is 11.7 Å². The van der Waals surface area contributed by atoms with Crippen molar-refractivity contribution in [3.8, 4) is 5.75 Å². The summed E-state index contributed by atoms with van der Waals surface area (Å²) in [6.07, 6.45) is 5.25. The van der Waals surface area contributed by atoms with Crippen LogP contribution in [0.4, 0.5) is 0 Å². The molecule has 1 heterocycles. The highest BCUT2D eigenvalue weighted by molar-refractivity contribution is 6.63. The second-order valence-electron chi connectivity index (χ2n) is 6.65. The molecule has 1 atom stereocenters. The molecule has 2 fully saturated rings. The molecule has 0 amide bonds. The van der Waals surface area contributed by atoms with Crippen molar-refractivity contribution in [2.75, 3.05) is 0 Å². The first kappa shape index (κ1) is 16.4. The summed E-state index contributed by atoms with van der Waals surface area (Å²) in [7, 11) is 0. The van der Waals surface area contributed by atoms with Gasteiger partial charge in [0.15, 0.2) is 0 Å². The van der Waals surface area contributed by atoms with Gasteiger partial charge in [-0.05, 0) is 49.3 Å². The molecule has 0 bridgehead atoms. The average molecular weight is 328 g/mol. The van der Waals surface area contributed by atoms with Gasteiger partial charge in [0.05, 0.1) is 6.42 Å². The SMILES string of the molecule is [N-]=[N+]=C1C(=O)CC(CCc2ccc(O)cc2)(C2CCCC2)OC1=O. The van der Waals surface area contributed by atoms with E-state index in [0.717, 1.165) is 31.2 Å². The highest BCUT2D eigenvalue weighted by Gasteiger charge is 2.53. The predicted molar refractivity (Wildman–Crippen MR) is 85.5 cm³/mol. The molecule has 6 nitrogen and oxygen atoms in total. The summed E-state index contributed by atoms with van der Waals surface area (Å²) in [5.74, 6) is -0.923. The van der Waals surface area contributed by atoms with Crippen LogP contribution in [-0.2, 0) is 20.7 Å². The van der Waals surface area contributed by atoms with Crippen molar-refractivity contribution >= 4 is 17.5 Å². The van der Waals surface area contributed by atoms with Gasteiger partial charge in [-0.3, -0.25) is 4.79 Å². The number of ketones is 1. The van der Waals surface area contributed by atoms with E-state index in [4.69, 9.17) is 10.3 Å². The van der Waals surface area contributed by atoms with Crippen molar-refractivity contribution in [1.29, 1.82) is 0 Å². The normalized spacial score (nSPS) is 24.8. The number of phenols is 1. The van der Waals surface area contributed by atoms with Crippen molar-refractivity contribution in [1.82, 2.24) is 0 Å². The van der Waals surface area contributed by atoms with Crippen molar-refractivity contribution < 1.29 is 24.2 Å². The second-order valence-corrected chi connectivity index (χ2v) is 6.65. The third kappa shape index (κ3) is 3.10. The highest BCUT2D eigenvalue weighted by Crippen LogP contribution is 2.43. The summed E-state index contributed by atoms with van der Waals surface area (Å²) in [4.78, 5) is 27.1. The van der Waals surface area contributed by atoms with E-state index < -0.39 is 23.1 Å². The Morgan fingerprint density at radius 3 is 2.46 bits per heavy atom. The first-order valence-corrected chi connectivity index (χ1v) is 8.30.